The van der Waals surface area contributed by atoms with Crippen LogP contribution in [-0.4, -0.2) is 36.8 Å². The zero-order valence-corrected chi connectivity index (χ0v) is 16.8. The molecule has 1 aliphatic heterocycles. The molecule has 0 radical (unpaired) electrons. The number of halogens is 1. The molecule has 0 saturated heterocycles. The molecular formula is C20H27ClN2O3. The van der Waals surface area contributed by atoms with Crippen molar-refractivity contribution in [2.24, 2.45) is 16.8 Å². The molecule has 2 rings (SSSR count). The lowest BCUT2D eigenvalue weighted by molar-refractivity contribution is -0.142. The number of nitrogens with zero attached hydrogens (tertiary/aromatic N) is 2. The lowest BCUT2D eigenvalue weighted by atomic mass is 9.96. The topological polar surface area (TPSA) is 59.0 Å². The first-order valence-electron chi connectivity index (χ1n) is 9.14. The van der Waals surface area contributed by atoms with Crippen LogP contribution in [0.3, 0.4) is 0 Å². The van der Waals surface area contributed by atoms with E-state index in [0.717, 1.165) is 17.7 Å². The molecular weight excluding hydrogens is 352 g/mol. The van der Waals surface area contributed by atoms with Gasteiger partial charge in [0.2, 0.25) is 0 Å². The quantitative estimate of drug-likeness (QED) is 0.700. The van der Waals surface area contributed by atoms with Gasteiger partial charge in [-0.1, -0.05) is 45.7 Å². The number of ether oxygens (including phenoxy) is 1. The molecule has 0 unspecified atom stereocenters. The van der Waals surface area contributed by atoms with Gasteiger partial charge >= 0.3 is 5.97 Å². The largest absolute Gasteiger partial charge is 0.465 e. The van der Waals surface area contributed by atoms with Crippen molar-refractivity contribution in [1.82, 2.24) is 0 Å². The van der Waals surface area contributed by atoms with Crippen LogP contribution in [0.2, 0.25) is 5.02 Å². The zero-order valence-electron chi connectivity index (χ0n) is 16.1. The molecule has 0 N–H and O–H groups in total. The van der Waals surface area contributed by atoms with Crippen LogP contribution in [-0.2, 0) is 14.3 Å². The number of rotatable bonds is 6. The van der Waals surface area contributed by atoms with E-state index in [1.165, 1.54) is 4.90 Å². The third kappa shape index (κ3) is 4.26. The number of esters is 1. The van der Waals surface area contributed by atoms with Gasteiger partial charge in [-0.3, -0.25) is 19.5 Å². The molecule has 1 aromatic carbocycles. The van der Waals surface area contributed by atoms with Gasteiger partial charge < -0.3 is 4.74 Å². The van der Waals surface area contributed by atoms with E-state index in [1.807, 2.05) is 33.8 Å². The van der Waals surface area contributed by atoms with E-state index >= 15 is 0 Å². The van der Waals surface area contributed by atoms with Crippen molar-refractivity contribution in [1.29, 1.82) is 0 Å². The summed E-state index contributed by atoms with van der Waals surface area (Å²) in [7, 11) is 0. The van der Waals surface area contributed by atoms with Gasteiger partial charge in [-0.15, -0.1) is 0 Å². The number of aliphatic imine (C=N–C) groups is 1. The second-order valence-electron chi connectivity index (χ2n) is 6.89. The summed E-state index contributed by atoms with van der Waals surface area (Å²) in [4.78, 5) is 31.7. The summed E-state index contributed by atoms with van der Waals surface area (Å²) in [5, 5.41) is 0.572. The van der Waals surface area contributed by atoms with Gasteiger partial charge in [0.1, 0.15) is 12.6 Å². The van der Waals surface area contributed by atoms with E-state index in [9.17, 15) is 9.59 Å². The average molecular weight is 379 g/mol. The van der Waals surface area contributed by atoms with Gasteiger partial charge in [-0.25, -0.2) is 0 Å². The van der Waals surface area contributed by atoms with Crippen LogP contribution in [0, 0.1) is 11.8 Å². The summed E-state index contributed by atoms with van der Waals surface area (Å²) in [6.45, 7) is 10.0. The second-order valence-corrected chi connectivity index (χ2v) is 7.33. The highest BCUT2D eigenvalue weighted by Crippen LogP contribution is 2.32. The summed E-state index contributed by atoms with van der Waals surface area (Å²) in [6, 6.07) is 4.80. The molecule has 0 saturated carbocycles. The Kier molecular flexibility index (Phi) is 6.81. The van der Waals surface area contributed by atoms with Crippen LogP contribution in [0.4, 0.5) is 5.69 Å². The molecule has 0 aromatic heterocycles. The number of carbonyl (C=O) groups excluding carboxylic acids is 2. The smallest absolute Gasteiger partial charge is 0.326 e. The number of benzodiazepines with no additional fused rings is 1. The number of anilines is 1. The first-order valence-corrected chi connectivity index (χ1v) is 9.52. The molecule has 6 heteroatoms. The highest BCUT2D eigenvalue weighted by Gasteiger charge is 2.36. The Labute approximate surface area is 160 Å². The van der Waals surface area contributed by atoms with Crippen LogP contribution in [0.15, 0.2) is 23.2 Å². The Hall–Kier alpha value is -1.88. The summed E-state index contributed by atoms with van der Waals surface area (Å²) in [5.41, 5.74) is 2.30. The van der Waals surface area contributed by atoms with Crippen molar-refractivity contribution in [3.63, 3.8) is 0 Å². The Balaban J connectivity index is 2.62. The molecule has 26 heavy (non-hydrogen) atoms. The molecule has 1 aliphatic rings. The van der Waals surface area contributed by atoms with Gasteiger partial charge in [0.15, 0.2) is 0 Å². The molecule has 1 heterocycles. The van der Waals surface area contributed by atoms with Crippen LogP contribution >= 0.6 is 11.6 Å². The van der Waals surface area contributed by atoms with E-state index < -0.39 is 12.0 Å². The Morgan fingerprint density at radius 3 is 2.58 bits per heavy atom. The maximum atomic E-state index is 13.3. The minimum Gasteiger partial charge on any atom is -0.465 e. The minimum absolute atomic E-state index is 0.0609. The maximum absolute atomic E-state index is 13.3. The number of hydrogen-bond acceptors (Lipinski definition) is 4. The fraction of sp³-hybridized carbons (Fsp3) is 0.550. The highest BCUT2D eigenvalue weighted by atomic mass is 35.5. The van der Waals surface area contributed by atoms with E-state index in [-0.39, 0.29) is 30.9 Å². The molecule has 0 bridgehead atoms. The summed E-state index contributed by atoms with van der Waals surface area (Å²) >= 11 is 6.22. The summed E-state index contributed by atoms with van der Waals surface area (Å²) in [6.07, 6.45) is 0.815. The third-order valence-electron chi connectivity index (χ3n) is 4.64. The van der Waals surface area contributed by atoms with Crippen LogP contribution in [0.1, 0.15) is 46.6 Å². The maximum Gasteiger partial charge on any atom is 0.326 e. The monoisotopic (exact) mass is 378 g/mol. The summed E-state index contributed by atoms with van der Waals surface area (Å²) < 4.78 is 5.07. The van der Waals surface area contributed by atoms with Gasteiger partial charge in [0, 0.05) is 16.3 Å². The van der Waals surface area contributed by atoms with Crippen LogP contribution in [0.5, 0.6) is 0 Å². The molecule has 0 spiro atoms. The van der Waals surface area contributed by atoms with E-state index in [0.29, 0.717) is 10.7 Å². The number of carbonyl (C=O) groups is 2. The zero-order chi connectivity index (χ0) is 19.4. The fourth-order valence-corrected chi connectivity index (χ4v) is 3.23. The van der Waals surface area contributed by atoms with Crippen molar-refractivity contribution in [2.75, 3.05) is 18.1 Å². The Morgan fingerprint density at radius 2 is 2.00 bits per heavy atom. The number of hydrogen-bond donors (Lipinski definition) is 0. The lowest BCUT2D eigenvalue weighted by Crippen LogP contribution is -2.43. The minimum atomic E-state index is -0.530. The third-order valence-corrected chi connectivity index (χ3v) is 4.88. The first-order chi connectivity index (χ1) is 12.3. The predicted octanol–water partition coefficient (Wildman–Crippen LogP) is 4.11. The van der Waals surface area contributed by atoms with Gasteiger partial charge in [-0.05, 0) is 37.0 Å². The number of benzene rings is 1. The van der Waals surface area contributed by atoms with Crippen molar-refractivity contribution < 1.29 is 14.3 Å². The molecule has 142 valence electrons. The van der Waals surface area contributed by atoms with E-state index in [4.69, 9.17) is 21.3 Å². The van der Waals surface area contributed by atoms with Crippen molar-refractivity contribution >= 4 is 34.9 Å². The molecule has 0 fully saturated rings. The first kappa shape index (κ1) is 20.4. The van der Waals surface area contributed by atoms with Gasteiger partial charge in [0.05, 0.1) is 12.3 Å². The normalized spacial score (nSPS) is 18.3. The fourth-order valence-electron chi connectivity index (χ4n) is 3.05. The summed E-state index contributed by atoms with van der Waals surface area (Å²) in [5.74, 6) is -0.427. The van der Waals surface area contributed by atoms with Crippen molar-refractivity contribution in [3.05, 3.63) is 28.8 Å². The van der Waals surface area contributed by atoms with Crippen molar-refractivity contribution in [3.8, 4) is 0 Å². The van der Waals surface area contributed by atoms with E-state index in [1.54, 1.807) is 19.1 Å². The standard InChI is InChI=1S/C20H27ClN2O3/c1-6-13(5)19-20(25)23(11-17(24)26-7-2)16-9-8-14(21)10-15(16)18(22-19)12(3)4/h8-10,12-13,19H,6-7,11H2,1-5H3/t13-,19-/m0/s1. The van der Waals surface area contributed by atoms with E-state index in [2.05, 4.69) is 0 Å². The van der Waals surface area contributed by atoms with Gasteiger partial charge in [-0.2, -0.15) is 0 Å². The Morgan fingerprint density at radius 1 is 1.31 bits per heavy atom. The van der Waals surface area contributed by atoms with Gasteiger partial charge in [0.25, 0.3) is 5.91 Å². The number of amides is 1. The molecule has 1 aromatic rings. The predicted molar refractivity (Wildman–Crippen MR) is 105 cm³/mol. The molecule has 1 amide bonds. The van der Waals surface area contributed by atoms with Crippen molar-refractivity contribution in [2.45, 2.75) is 47.1 Å². The molecule has 0 aliphatic carbocycles. The Bertz CT molecular complexity index is 715. The SMILES string of the molecule is CCOC(=O)CN1C(=O)[C@H]([C@@H](C)CC)N=C(C(C)C)c2cc(Cl)ccc21. The lowest BCUT2D eigenvalue weighted by Gasteiger charge is -2.26. The average Bonchev–Trinajstić information content (AvgIpc) is 2.70. The van der Waals surface area contributed by atoms with Crippen LogP contribution in [0.25, 0.3) is 0 Å². The highest BCUT2D eigenvalue weighted by molar-refractivity contribution is 6.31. The van der Waals surface area contributed by atoms with Crippen LogP contribution < -0.4 is 4.90 Å². The molecule has 2 atom stereocenters. The second kappa shape index (κ2) is 8.67. The molecule has 5 nitrogen and oxygen atoms in total. The number of fused-ring (bicyclic) bond motifs is 1.